The van der Waals surface area contributed by atoms with Crippen molar-refractivity contribution >= 4 is 27.5 Å². The number of methoxy groups -OCH3 is 2. The van der Waals surface area contributed by atoms with E-state index in [9.17, 15) is 0 Å². The van der Waals surface area contributed by atoms with Crippen molar-refractivity contribution in [2.24, 2.45) is 5.73 Å². The number of nitrogens with zero attached hydrogens (tertiary/aromatic N) is 1. The third kappa shape index (κ3) is 4.77. The smallest absolute Gasteiger partial charge is 0.126 e. The van der Waals surface area contributed by atoms with Gasteiger partial charge in [0, 0.05) is 44.1 Å². The van der Waals surface area contributed by atoms with Gasteiger partial charge in [0.2, 0.25) is 0 Å². The van der Waals surface area contributed by atoms with E-state index in [2.05, 4.69) is 20.8 Å². The van der Waals surface area contributed by atoms with Crippen molar-refractivity contribution in [3.05, 3.63) is 28.2 Å². The highest BCUT2D eigenvalue weighted by molar-refractivity contribution is 9.10. The molecule has 0 aliphatic carbocycles. The zero-order chi connectivity index (χ0) is 15.0. The molecule has 6 heteroatoms. The molecule has 1 aromatic rings. The van der Waals surface area contributed by atoms with Gasteiger partial charge in [-0.1, -0.05) is 6.07 Å². The van der Waals surface area contributed by atoms with Crippen molar-refractivity contribution < 1.29 is 9.47 Å². The minimum Gasteiger partial charge on any atom is -0.385 e. The van der Waals surface area contributed by atoms with Crippen LogP contribution in [0.5, 0.6) is 0 Å². The van der Waals surface area contributed by atoms with Crippen LogP contribution in [0.1, 0.15) is 12.0 Å². The molecule has 3 N–H and O–H groups in total. The highest BCUT2D eigenvalue weighted by atomic mass is 79.9. The highest BCUT2D eigenvalue weighted by Gasteiger charge is 2.15. The van der Waals surface area contributed by atoms with Crippen molar-refractivity contribution in [3.8, 4) is 0 Å². The standard InChI is InChI=1S/C14H22BrN3O2/c1-19-9-4-7-18(8-10-20-2)12-6-3-5-11(15)13(12)14(16)17/h3,5-6H,4,7-10H2,1-2H3,(H3,16,17). The summed E-state index contributed by atoms with van der Waals surface area (Å²) >= 11 is 3.46. The highest BCUT2D eigenvalue weighted by Crippen LogP contribution is 2.27. The summed E-state index contributed by atoms with van der Waals surface area (Å²) < 4.78 is 11.1. The van der Waals surface area contributed by atoms with Gasteiger partial charge in [-0.2, -0.15) is 0 Å². The average Bonchev–Trinajstić information content (AvgIpc) is 2.42. The number of hydrogen-bond acceptors (Lipinski definition) is 4. The van der Waals surface area contributed by atoms with E-state index in [-0.39, 0.29) is 5.84 Å². The van der Waals surface area contributed by atoms with Crippen LogP contribution < -0.4 is 10.6 Å². The first kappa shape index (κ1) is 16.9. The van der Waals surface area contributed by atoms with E-state index in [1.54, 1.807) is 14.2 Å². The van der Waals surface area contributed by atoms with Crippen LogP contribution in [0.2, 0.25) is 0 Å². The predicted molar refractivity (Wildman–Crippen MR) is 85.7 cm³/mol. The molecule has 112 valence electrons. The number of hydrogen-bond donors (Lipinski definition) is 2. The normalized spacial score (nSPS) is 10.6. The monoisotopic (exact) mass is 343 g/mol. The fraction of sp³-hybridized carbons (Fsp3) is 0.500. The van der Waals surface area contributed by atoms with Crippen LogP contribution in [0, 0.1) is 5.41 Å². The van der Waals surface area contributed by atoms with E-state index < -0.39 is 0 Å². The number of nitrogen functional groups attached to an aromatic ring is 1. The Morgan fingerprint density at radius 3 is 2.55 bits per heavy atom. The zero-order valence-electron chi connectivity index (χ0n) is 12.0. The van der Waals surface area contributed by atoms with Crippen LogP contribution in [0.25, 0.3) is 0 Å². The lowest BCUT2D eigenvalue weighted by atomic mass is 10.1. The summed E-state index contributed by atoms with van der Waals surface area (Å²) in [6, 6.07) is 5.82. The van der Waals surface area contributed by atoms with E-state index in [0.29, 0.717) is 13.2 Å². The molecule has 0 bridgehead atoms. The van der Waals surface area contributed by atoms with Gasteiger partial charge in [0.05, 0.1) is 12.2 Å². The maximum absolute atomic E-state index is 7.77. The van der Waals surface area contributed by atoms with E-state index in [0.717, 1.165) is 35.2 Å². The summed E-state index contributed by atoms with van der Waals surface area (Å²) in [5.41, 5.74) is 7.38. The number of halogens is 1. The van der Waals surface area contributed by atoms with Gasteiger partial charge in [0.1, 0.15) is 5.84 Å². The Hall–Kier alpha value is -1.11. The molecule has 0 aliphatic rings. The molecule has 0 unspecified atom stereocenters. The maximum atomic E-state index is 7.77. The Balaban J connectivity index is 2.99. The van der Waals surface area contributed by atoms with Crippen LogP contribution in [-0.2, 0) is 9.47 Å². The van der Waals surface area contributed by atoms with Crippen LogP contribution in [-0.4, -0.2) is 46.4 Å². The van der Waals surface area contributed by atoms with E-state index in [1.165, 1.54) is 0 Å². The zero-order valence-corrected chi connectivity index (χ0v) is 13.6. The Morgan fingerprint density at radius 1 is 1.25 bits per heavy atom. The van der Waals surface area contributed by atoms with Crippen LogP contribution in [0.4, 0.5) is 5.69 Å². The van der Waals surface area contributed by atoms with Gasteiger partial charge < -0.3 is 20.1 Å². The summed E-state index contributed by atoms with van der Waals surface area (Å²) in [4.78, 5) is 2.17. The predicted octanol–water partition coefficient (Wildman–Crippen LogP) is 2.22. The second kappa shape index (κ2) is 8.94. The fourth-order valence-corrected chi connectivity index (χ4v) is 2.57. The van der Waals surface area contributed by atoms with Crippen LogP contribution in [0.15, 0.2) is 22.7 Å². The number of benzene rings is 1. The van der Waals surface area contributed by atoms with Gasteiger partial charge in [-0.25, -0.2) is 0 Å². The number of nitrogens with one attached hydrogen (secondary N) is 1. The second-order valence-electron chi connectivity index (χ2n) is 4.37. The molecule has 0 aliphatic heterocycles. The van der Waals surface area contributed by atoms with Crippen LogP contribution in [0.3, 0.4) is 0 Å². The quantitative estimate of drug-likeness (QED) is 0.409. The molecule has 0 atom stereocenters. The van der Waals surface area contributed by atoms with Crippen molar-refractivity contribution in [2.75, 3.05) is 45.4 Å². The van der Waals surface area contributed by atoms with Gasteiger partial charge in [-0.05, 0) is 34.5 Å². The Labute approximate surface area is 128 Å². The number of ether oxygens (including phenoxy) is 2. The Morgan fingerprint density at radius 2 is 1.95 bits per heavy atom. The topological polar surface area (TPSA) is 71.6 Å². The van der Waals surface area contributed by atoms with Gasteiger partial charge in [-0.3, -0.25) is 5.41 Å². The molecule has 0 radical (unpaired) electrons. The summed E-state index contributed by atoms with van der Waals surface area (Å²) in [5, 5.41) is 7.77. The number of amidine groups is 1. The van der Waals surface area contributed by atoms with Gasteiger partial charge in [-0.15, -0.1) is 0 Å². The molecule has 0 fully saturated rings. The first-order valence-electron chi connectivity index (χ1n) is 6.47. The van der Waals surface area contributed by atoms with Crippen molar-refractivity contribution in [2.45, 2.75) is 6.42 Å². The van der Waals surface area contributed by atoms with Gasteiger partial charge in [0.15, 0.2) is 0 Å². The van der Waals surface area contributed by atoms with E-state index >= 15 is 0 Å². The molecule has 5 nitrogen and oxygen atoms in total. The molecule has 1 aromatic carbocycles. The lowest BCUT2D eigenvalue weighted by Gasteiger charge is -2.27. The first-order valence-corrected chi connectivity index (χ1v) is 7.26. The molecule has 0 amide bonds. The molecule has 0 heterocycles. The van der Waals surface area contributed by atoms with Crippen molar-refractivity contribution in [3.63, 3.8) is 0 Å². The largest absolute Gasteiger partial charge is 0.385 e. The third-order valence-corrected chi connectivity index (χ3v) is 3.60. The Kier molecular flexibility index (Phi) is 7.58. The van der Waals surface area contributed by atoms with Gasteiger partial charge >= 0.3 is 0 Å². The van der Waals surface area contributed by atoms with E-state index in [1.807, 2.05) is 18.2 Å². The molecule has 0 saturated carbocycles. The summed E-state index contributed by atoms with van der Waals surface area (Å²) in [5.74, 6) is 0.0571. The van der Waals surface area contributed by atoms with Crippen molar-refractivity contribution in [1.29, 1.82) is 5.41 Å². The molecule has 0 aromatic heterocycles. The van der Waals surface area contributed by atoms with Gasteiger partial charge in [0.25, 0.3) is 0 Å². The summed E-state index contributed by atoms with van der Waals surface area (Å²) in [7, 11) is 3.37. The summed E-state index contributed by atoms with van der Waals surface area (Å²) in [6.45, 7) is 2.90. The van der Waals surface area contributed by atoms with Crippen LogP contribution >= 0.6 is 15.9 Å². The fourth-order valence-electron chi connectivity index (χ4n) is 2.00. The lowest BCUT2D eigenvalue weighted by Crippen LogP contribution is -2.31. The number of nitrogens with two attached hydrogens (primary N) is 1. The lowest BCUT2D eigenvalue weighted by molar-refractivity contribution is 0.191. The minimum absolute atomic E-state index is 0.0571. The van der Waals surface area contributed by atoms with Crippen molar-refractivity contribution in [1.82, 2.24) is 0 Å². The average molecular weight is 344 g/mol. The maximum Gasteiger partial charge on any atom is 0.126 e. The molecular formula is C14H22BrN3O2. The second-order valence-corrected chi connectivity index (χ2v) is 5.23. The first-order chi connectivity index (χ1) is 9.61. The molecule has 0 saturated heterocycles. The summed E-state index contributed by atoms with van der Waals surface area (Å²) in [6.07, 6.45) is 0.907. The molecule has 1 rings (SSSR count). The SMILES string of the molecule is COCCCN(CCOC)c1cccc(Br)c1C(=N)N. The number of rotatable bonds is 9. The molecule has 20 heavy (non-hydrogen) atoms. The minimum atomic E-state index is 0.0571. The third-order valence-electron chi connectivity index (χ3n) is 2.94. The number of anilines is 1. The van der Waals surface area contributed by atoms with E-state index in [4.69, 9.17) is 20.6 Å². The Bertz CT molecular complexity index is 440. The molecule has 0 spiro atoms. The molecular weight excluding hydrogens is 322 g/mol.